The van der Waals surface area contributed by atoms with E-state index in [2.05, 4.69) is 10.3 Å². The van der Waals surface area contributed by atoms with Gasteiger partial charge in [-0.3, -0.25) is 9.78 Å². The quantitative estimate of drug-likeness (QED) is 0.716. The van der Waals surface area contributed by atoms with Gasteiger partial charge in [-0.1, -0.05) is 0 Å². The number of carbonyl (C=O) groups is 3. The molecule has 112 valence electrons. The number of hydrogen-bond acceptors (Lipinski definition) is 4. The van der Waals surface area contributed by atoms with E-state index in [1.54, 1.807) is 0 Å². The molecule has 1 saturated heterocycles. The highest BCUT2D eigenvalue weighted by Crippen LogP contribution is 2.16. The van der Waals surface area contributed by atoms with Gasteiger partial charge in [0.1, 0.15) is 6.04 Å². The summed E-state index contributed by atoms with van der Waals surface area (Å²) in [6.45, 7) is 0.559. The number of pyridine rings is 1. The number of likely N-dealkylation sites (tertiary alicyclic amines) is 1. The van der Waals surface area contributed by atoms with Crippen LogP contribution in [-0.4, -0.2) is 45.5 Å². The second-order valence-corrected chi connectivity index (χ2v) is 4.75. The predicted octanol–water partition coefficient (Wildman–Crippen LogP) is -0.0609. The highest BCUT2D eigenvalue weighted by atomic mass is 16.4. The van der Waals surface area contributed by atoms with E-state index in [9.17, 15) is 14.4 Å². The summed E-state index contributed by atoms with van der Waals surface area (Å²) in [4.78, 5) is 39.5. The van der Waals surface area contributed by atoms with E-state index in [-0.39, 0.29) is 12.1 Å². The molecule has 8 nitrogen and oxygen atoms in total. The van der Waals surface area contributed by atoms with Crippen molar-refractivity contribution in [3.8, 4) is 0 Å². The normalized spacial score (nSPS) is 17.5. The van der Waals surface area contributed by atoms with Crippen molar-refractivity contribution in [2.45, 2.75) is 25.4 Å². The molecule has 1 aromatic rings. The van der Waals surface area contributed by atoms with Gasteiger partial charge in [0.15, 0.2) is 0 Å². The zero-order valence-electron chi connectivity index (χ0n) is 11.3. The van der Waals surface area contributed by atoms with Gasteiger partial charge >= 0.3 is 12.0 Å². The number of rotatable bonds is 4. The number of aromatic carboxylic acids is 1. The fourth-order valence-electron chi connectivity index (χ4n) is 2.28. The van der Waals surface area contributed by atoms with Crippen molar-refractivity contribution < 1.29 is 19.5 Å². The van der Waals surface area contributed by atoms with Gasteiger partial charge in [0.05, 0.1) is 17.8 Å². The van der Waals surface area contributed by atoms with Crippen LogP contribution in [0.5, 0.6) is 0 Å². The van der Waals surface area contributed by atoms with E-state index >= 15 is 0 Å². The molecule has 2 heterocycles. The summed E-state index contributed by atoms with van der Waals surface area (Å²) in [5.74, 6) is -1.58. The molecule has 0 aliphatic carbocycles. The fourth-order valence-corrected chi connectivity index (χ4v) is 2.28. The molecule has 0 spiro atoms. The molecule has 3 amide bonds. The maximum atomic E-state index is 12.0. The summed E-state index contributed by atoms with van der Waals surface area (Å²) < 4.78 is 0. The minimum absolute atomic E-state index is 0.0853. The summed E-state index contributed by atoms with van der Waals surface area (Å²) in [6.07, 6.45) is 2.66. The summed E-state index contributed by atoms with van der Waals surface area (Å²) in [5.41, 5.74) is 5.78. The zero-order valence-corrected chi connectivity index (χ0v) is 11.3. The van der Waals surface area contributed by atoms with Gasteiger partial charge in [-0.25, -0.2) is 9.59 Å². The number of carbonyl (C=O) groups excluding carboxylic acids is 2. The van der Waals surface area contributed by atoms with Crippen LogP contribution in [0, 0.1) is 0 Å². The standard InChI is InChI=1S/C13H16N4O4/c14-11(18)10-2-1-5-17(10)13(21)16-7-9-6-8(12(19)20)3-4-15-9/h3-4,6,10H,1-2,5,7H2,(H2,14,18)(H,16,21)(H,19,20). The van der Waals surface area contributed by atoms with Crippen LogP contribution in [0.3, 0.4) is 0 Å². The number of amides is 3. The average Bonchev–Trinajstić information content (AvgIpc) is 2.94. The number of aromatic nitrogens is 1. The Morgan fingerprint density at radius 3 is 2.90 bits per heavy atom. The Balaban J connectivity index is 1.96. The van der Waals surface area contributed by atoms with Crippen LogP contribution in [0.15, 0.2) is 18.3 Å². The van der Waals surface area contributed by atoms with E-state index < -0.39 is 23.9 Å². The molecular formula is C13H16N4O4. The van der Waals surface area contributed by atoms with Crippen molar-refractivity contribution >= 4 is 17.9 Å². The lowest BCUT2D eigenvalue weighted by Crippen LogP contribution is -2.47. The first-order valence-electron chi connectivity index (χ1n) is 6.51. The summed E-state index contributed by atoms with van der Waals surface area (Å²) in [5, 5.41) is 11.5. The minimum Gasteiger partial charge on any atom is -0.478 e. The van der Waals surface area contributed by atoms with E-state index in [1.807, 2.05) is 0 Å². The van der Waals surface area contributed by atoms with Crippen LogP contribution in [0.4, 0.5) is 4.79 Å². The monoisotopic (exact) mass is 292 g/mol. The van der Waals surface area contributed by atoms with Crippen LogP contribution in [0.2, 0.25) is 0 Å². The number of carboxylic acid groups (broad SMARTS) is 1. The zero-order chi connectivity index (χ0) is 15.4. The van der Waals surface area contributed by atoms with Crippen molar-refractivity contribution in [1.29, 1.82) is 0 Å². The molecule has 1 atom stereocenters. The number of hydrogen-bond donors (Lipinski definition) is 3. The summed E-state index contributed by atoms with van der Waals surface area (Å²) >= 11 is 0. The molecular weight excluding hydrogens is 276 g/mol. The molecule has 21 heavy (non-hydrogen) atoms. The van der Waals surface area contributed by atoms with Gasteiger partial charge in [0.25, 0.3) is 0 Å². The Bertz CT molecular complexity index is 575. The second-order valence-electron chi connectivity index (χ2n) is 4.75. The highest BCUT2D eigenvalue weighted by molar-refractivity contribution is 5.88. The lowest BCUT2D eigenvalue weighted by Gasteiger charge is -2.22. The van der Waals surface area contributed by atoms with Gasteiger partial charge in [-0.05, 0) is 25.0 Å². The van der Waals surface area contributed by atoms with Gasteiger partial charge in [-0.2, -0.15) is 0 Å². The Kier molecular flexibility index (Phi) is 4.36. The smallest absolute Gasteiger partial charge is 0.335 e. The molecule has 0 bridgehead atoms. The topological polar surface area (TPSA) is 126 Å². The highest BCUT2D eigenvalue weighted by Gasteiger charge is 2.32. The fraction of sp³-hybridized carbons (Fsp3) is 0.385. The van der Waals surface area contributed by atoms with E-state index in [0.29, 0.717) is 18.7 Å². The Hall–Kier alpha value is -2.64. The van der Waals surface area contributed by atoms with Crippen molar-refractivity contribution in [2.24, 2.45) is 5.73 Å². The first-order valence-corrected chi connectivity index (χ1v) is 6.51. The molecule has 1 aliphatic rings. The molecule has 1 aromatic heterocycles. The number of nitrogens with zero attached hydrogens (tertiary/aromatic N) is 2. The van der Waals surface area contributed by atoms with Gasteiger partial charge in [0.2, 0.25) is 5.91 Å². The van der Waals surface area contributed by atoms with E-state index in [4.69, 9.17) is 10.8 Å². The first kappa shape index (κ1) is 14.8. The van der Waals surface area contributed by atoms with Gasteiger partial charge in [0, 0.05) is 12.7 Å². The number of urea groups is 1. The van der Waals surface area contributed by atoms with E-state index in [1.165, 1.54) is 23.2 Å². The van der Waals surface area contributed by atoms with Crippen LogP contribution >= 0.6 is 0 Å². The molecule has 0 saturated carbocycles. The maximum Gasteiger partial charge on any atom is 0.335 e. The molecule has 0 aromatic carbocycles. The molecule has 1 aliphatic heterocycles. The SMILES string of the molecule is NC(=O)C1CCCN1C(=O)NCc1cc(C(=O)O)ccn1. The Morgan fingerprint density at radius 1 is 1.48 bits per heavy atom. The van der Waals surface area contributed by atoms with Crippen molar-refractivity contribution in [1.82, 2.24) is 15.2 Å². The average molecular weight is 292 g/mol. The van der Waals surface area contributed by atoms with Gasteiger partial charge in [-0.15, -0.1) is 0 Å². The van der Waals surface area contributed by atoms with Gasteiger partial charge < -0.3 is 21.1 Å². The lowest BCUT2D eigenvalue weighted by molar-refractivity contribution is -0.121. The molecule has 0 radical (unpaired) electrons. The first-order chi connectivity index (χ1) is 9.99. The third-order valence-electron chi connectivity index (χ3n) is 3.33. The number of nitrogens with two attached hydrogens (primary N) is 1. The predicted molar refractivity (Wildman–Crippen MR) is 72.4 cm³/mol. The summed E-state index contributed by atoms with van der Waals surface area (Å²) in [6, 6.07) is 1.78. The molecule has 2 rings (SSSR count). The lowest BCUT2D eigenvalue weighted by atomic mass is 10.2. The van der Waals surface area contributed by atoms with E-state index in [0.717, 1.165) is 6.42 Å². The van der Waals surface area contributed by atoms with Crippen molar-refractivity contribution in [3.63, 3.8) is 0 Å². The Morgan fingerprint density at radius 2 is 2.24 bits per heavy atom. The number of nitrogens with one attached hydrogen (secondary N) is 1. The maximum absolute atomic E-state index is 12.0. The molecule has 8 heteroatoms. The molecule has 4 N–H and O–H groups in total. The molecule has 1 fully saturated rings. The minimum atomic E-state index is -1.06. The van der Waals surface area contributed by atoms with Crippen molar-refractivity contribution in [3.05, 3.63) is 29.6 Å². The third kappa shape index (κ3) is 3.47. The number of primary amides is 1. The van der Waals surface area contributed by atoms with Crippen LogP contribution in [0.1, 0.15) is 28.9 Å². The second kappa shape index (κ2) is 6.21. The van der Waals surface area contributed by atoms with Crippen LogP contribution < -0.4 is 11.1 Å². The Labute approximate surface area is 120 Å². The van der Waals surface area contributed by atoms with Crippen LogP contribution in [0.25, 0.3) is 0 Å². The molecule has 1 unspecified atom stereocenters. The van der Waals surface area contributed by atoms with Crippen molar-refractivity contribution in [2.75, 3.05) is 6.54 Å². The summed E-state index contributed by atoms with van der Waals surface area (Å²) in [7, 11) is 0. The largest absolute Gasteiger partial charge is 0.478 e. The number of carboxylic acids is 1. The van der Waals surface area contributed by atoms with Crippen LogP contribution in [-0.2, 0) is 11.3 Å². The third-order valence-corrected chi connectivity index (χ3v) is 3.33.